The first-order valence-corrected chi connectivity index (χ1v) is 12.2. The summed E-state index contributed by atoms with van der Waals surface area (Å²) in [6.07, 6.45) is -4.53. The van der Waals surface area contributed by atoms with Crippen molar-refractivity contribution >= 4 is 17.6 Å². The summed E-state index contributed by atoms with van der Waals surface area (Å²) >= 11 is 0. The molecule has 0 fully saturated rings. The Balaban J connectivity index is 0.000000432. The van der Waals surface area contributed by atoms with Crippen LogP contribution in [0.25, 0.3) is 0 Å². The van der Waals surface area contributed by atoms with E-state index in [0.29, 0.717) is 6.61 Å². The number of carboxylic acids is 2. The number of para-hydroxylation sites is 2. The van der Waals surface area contributed by atoms with Gasteiger partial charge in [0.05, 0.1) is 18.3 Å². The number of aliphatic carboxylic acids is 2. The predicted octanol–water partition coefficient (Wildman–Crippen LogP) is 3.27. The van der Waals surface area contributed by atoms with E-state index < -0.39 is 24.1 Å². The summed E-state index contributed by atoms with van der Waals surface area (Å²) in [5.41, 5.74) is 3.72. The minimum Gasteiger partial charge on any atom is -0.492 e. The van der Waals surface area contributed by atoms with E-state index in [0.717, 1.165) is 24.5 Å². The van der Waals surface area contributed by atoms with Crippen LogP contribution in [-0.2, 0) is 16.1 Å². The highest BCUT2D eigenvalue weighted by molar-refractivity contribution is 5.83. The number of benzene rings is 3. The Kier molecular flexibility index (Phi) is 12.2. The summed E-state index contributed by atoms with van der Waals surface area (Å²) < 4.78 is 5.99. The fraction of sp³-hybridized carbons (Fsp3) is 0.310. The van der Waals surface area contributed by atoms with Gasteiger partial charge in [-0.1, -0.05) is 72.8 Å². The van der Waals surface area contributed by atoms with E-state index in [1.807, 2.05) is 13.0 Å². The van der Waals surface area contributed by atoms with Gasteiger partial charge in [-0.15, -0.1) is 0 Å². The molecule has 4 N–H and O–H groups in total. The lowest BCUT2D eigenvalue weighted by Gasteiger charge is -2.36. The van der Waals surface area contributed by atoms with Crippen molar-refractivity contribution in [2.45, 2.75) is 31.7 Å². The first-order chi connectivity index (χ1) is 18.1. The van der Waals surface area contributed by atoms with Gasteiger partial charge in [-0.3, -0.25) is 0 Å². The average Bonchev–Trinajstić information content (AvgIpc) is 2.91. The fourth-order valence-corrected chi connectivity index (χ4v) is 3.79. The highest BCUT2D eigenvalue weighted by atomic mass is 16.5. The van der Waals surface area contributed by atoms with E-state index in [1.165, 1.54) is 11.1 Å². The number of likely N-dealkylation sites (N-methyl/N-ethyl adjacent to an activating group) is 1. The summed E-state index contributed by atoms with van der Waals surface area (Å²) in [5, 5.41) is 32.5. The van der Waals surface area contributed by atoms with Crippen molar-refractivity contribution in [3.63, 3.8) is 0 Å². The van der Waals surface area contributed by atoms with Crippen LogP contribution >= 0.6 is 0 Å². The Morgan fingerprint density at radius 3 is 1.79 bits per heavy atom. The molecule has 3 aromatic rings. The zero-order valence-corrected chi connectivity index (χ0v) is 21.8. The predicted molar refractivity (Wildman–Crippen MR) is 145 cm³/mol. The third-order valence-electron chi connectivity index (χ3n) is 5.57. The molecule has 0 aliphatic heterocycles. The molecule has 9 nitrogen and oxygen atoms in total. The van der Waals surface area contributed by atoms with E-state index in [-0.39, 0.29) is 6.04 Å². The molecule has 0 radical (unpaired) electrons. The van der Waals surface area contributed by atoms with Crippen molar-refractivity contribution in [2.75, 3.05) is 32.1 Å². The summed E-state index contributed by atoms with van der Waals surface area (Å²) in [6, 6.07) is 30.0. The lowest BCUT2D eigenvalue weighted by atomic mass is 10.0. The van der Waals surface area contributed by atoms with Crippen LogP contribution in [0.5, 0.6) is 5.75 Å². The van der Waals surface area contributed by atoms with Crippen LogP contribution in [0.2, 0.25) is 0 Å². The number of ether oxygens (including phenoxy) is 1. The summed E-state index contributed by atoms with van der Waals surface area (Å²) in [6.45, 7) is 4.42. The Labute approximate surface area is 223 Å². The van der Waals surface area contributed by atoms with Crippen LogP contribution < -0.4 is 9.64 Å². The Morgan fingerprint density at radius 1 is 0.789 bits per heavy atom. The van der Waals surface area contributed by atoms with Crippen LogP contribution in [-0.4, -0.2) is 76.7 Å². The third-order valence-corrected chi connectivity index (χ3v) is 5.57. The second-order valence-electron chi connectivity index (χ2n) is 8.77. The molecule has 0 aromatic heterocycles. The molecular formula is C29H36N2O7. The van der Waals surface area contributed by atoms with E-state index in [2.05, 4.69) is 103 Å². The molecule has 9 heteroatoms. The van der Waals surface area contributed by atoms with Crippen molar-refractivity contribution in [1.82, 2.24) is 4.90 Å². The fourth-order valence-electron chi connectivity index (χ4n) is 3.79. The monoisotopic (exact) mass is 524 g/mol. The summed E-state index contributed by atoms with van der Waals surface area (Å²) in [5.74, 6) is -2.61. The highest BCUT2D eigenvalue weighted by Crippen LogP contribution is 2.36. The van der Waals surface area contributed by atoms with E-state index in [9.17, 15) is 9.59 Å². The highest BCUT2D eigenvalue weighted by Gasteiger charge is 2.29. The SMILES string of the molecule is CCOc1ccccc1N(Cc1ccccc1)C(CN(C)C)c1ccccc1.O=C(O)C(O)C(O)C(=O)O. The molecule has 0 spiro atoms. The van der Waals surface area contributed by atoms with Crippen molar-refractivity contribution in [2.24, 2.45) is 0 Å². The first-order valence-electron chi connectivity index (χ1n) is 12.2. The minimum atomic E-state index is -2.27. The largest absolute Gasteiger partial charge is 0.492 e. The number of aliphatic hydroxyl groups is 2. The Morgan fingerprint density at radius 2 is 1.29 bits per heavy atom. The third kappa shape index (κ3) is 9.19. The number of carbonyl (C=O) groups is 2. The normalized spacial score (nSPS) is 13.0. The second-order valence-corrected chi connectivity index (χ2v) is 8.77. The maximum absolute atomic E-state index is 9.77. The molecule has 0 amide bonds. The van der Waals surface area contributed by atoms with Crippen molar-refractivity contribution in [1.29, 1.82) is 0 Å². The topological polar surface area (TPSA) is 131 Å². The zero-order chi connectivity index (χ0) is 28.1. The summed E-state index contributed by atoms with van der Waals surface area (Å²) in [7, 11) is 4.26. The zero-order valence-electron chi connectivity index (χ0n) is 21.8. The van der Waals surface area contributed by atoms with Crippen LogP contribution in [0.1, 0.15) is 24.1 Å². The lowest BCUT2D eigenvalue weighted by Crippen LogP contribution is -2.39. The Hall–Kier alpha value is -3.92. The molecule has 3 rings (SSSR count). The van der Waals surface area contributed by atoms with Gasteiger partial charge in [0.25, 0.3) is 0 Å². The molecule has 3 atom stereocenters. The van der Waals surface area contributed by atoms with Gasteiger partial charge in [-0.2, -0.15) is 0 Å². The molecule has 0 bridgehead atoms. The molecule has 0 aliphatic carbocycles. The average molecular weight is 525 g/mol. The first kappa shape index (κ1) is 30.3. The van der Waals surface area contributed by atoms with Gasteiger partial charge in [0.1, 0.15) is 5.75 Å². The minimum absolute atomic E-state index is 0.206. The smallest absolute Gasteiger partial charge is 0.335 e. The molecular weight excluding hydrogens is 488 g/mol. The van der Waals surface area contributed by atoms with Crippen molar-refractivity contribution < 1.29 is 34.8 Å². The maximum atomic E-state index is 9.77. The van der Waals surface area contributed by atoms with Gasteiger partial charge in [-0.05, 0) is 44.3 Å². The molecule has 0 saturated carbocycles. The van der Waals surface area contributed by atoms with Gasteiger partial charge in [-0.25, -0.2) is 9.59 Å². The maximum Gasteiger partial charge on any atom is 0.335 e. The molecule has 38 heavy (non-hydrogen) atoms. The number of rotatable bonds is 12. The molecule has 3 unspecified atom stereocenters. The second kappa shape index (κ2) is 15.4. The van der Waals surface area contributed by atoms with Gasteiger partial charge >= 0.3 is 11.9 Å². The van der Waals surface area contributed by atoms with Gasteiger partial charge < -0.3 is 35.0 Å². The molecule has 0 heterocycles. The van der Waals surface area contributed by atoms with Gasteiger partial charge in [0.15, 0.2) is 12.2 Å². The number of nitrogens with zero attached hydrogens (tertiary/aromatic N) is 2. The quantitative estimate of drug-likeness (QED) is 0.282. The van der Waals surface area contributed by atoms with E-state index >= 15 is 0 Å². The number of aliphatic hydroxyl groups excluding tert-OH is 2. The Bertz CT molecular complexity index is 1110. The van der Waals surface area contributed by atoms with Crippen LogP contribution in [0.4, 0.5) is 5.69 Å². The van der Waals surface area contributed by atoms with E-state index in [1.54, 1.807) is 0 Å². The molecule has 0 saturated heterocycles. The van der Waals surface area contributed by atoms with Crippen molar-refractivity contribution in [3.8, 4) is 5.75 Å². The molecule has 3 aromatic carbocycles. The number of hydrogen-bond donors (Lipinski definition) is 4. The standard InChI is InChI=1S/C25H30N2O.C4H6O6/c1-4-28-25-18-12-11-17-23(25)27(19-21-13-7-5-8-14-21)24(20-26(2)3)22-15-9-6-10-16-22;5-1(3(7)8)2(6)4(9)10/h5-18,24H,4,19-20H2,1-3H3;1-2,5-6H,(H,7,8)(H,9,10). The molecule has 0 aliphatic rings. The van der Waals surface area contributed by atoms with Crippen LogP contribution in [0.15, 0.2) is 84.9 Å². The lowest BCUT2D eigenvalue weighted by molar-refractivity contribution is -0.165. The van der Waals surface area contributed by atoms with Crippen LogP contribution in [0, 0.1) is 0 Å². The summed E-state index contributed by atoms with van der Waals surface area (Å²) in [4.78, 5) is 24.3. The van der Waals surface area contributed by atoms with Gasteiger partial charge in [0.2, 0.25) is 0 Å². The molecule has 204 valence electrons. The van der Waals surface area contributed by atoms with Crippen molar-refractivity contribution in [3.05, 3.63) is 96.1 Å². The number of anilines is 1. The van der Waals surface area contributed by atoms with Gasteiger partial charge in [0, 0.05) is 13.1 Å². The number of hydrogen-bond acceptors (Lipinski definition) is 7. The van der Waals surface area contributed by atoms with Crippen LogP contribution in [0.3, 0.4) is 0 Å². The number of carboxylic acid groups (broad SMARTS) is 2. The van der Waals surface area contributed by atoms with E-state index in [4.69, 9.17) is 25.2 Å².